The molecular formula is C14H19N3O. The van der Waals surface area contributed by atoms with E-state index in [9.17, 15) is 0 Å². The molecule has 96 valence electrons. The Morgan fingerprint density at radius 2 is 2.28 bits per heavy atom. The van der Waals surface area contributed by atoms with Gasteiger partial charge in [-0.25, -0.2) is 4.98 Å². The topological polar surface area (TPSA) is 49.2 Å². The zero-order chi connectivity index (χ0) is 12.8. The molecule has 0 aromatic carbocycles. The van der Waals surface area contributed by atoms with Crippen LogP contribution in [0.3, 0.4) is 0 Å². The SMILES string of the molecule is CN(Cc1ccnc(C#N)c1)CC1CCOCC1. The summed E-state index contributed by atoms with van der Waals surface area (Å²) < 4.78 is 5.37. The number of rotatable bonds is 4. The Kier molecular flexibility index (Phi) is 4.68. The van der Waals surface area contributed by atoms with Crippen molar-refractivity contribution in [2.24, 2.45) is 5.92 Å². The quantitative estimate of drug-likeness (QED) is 0.811. The highest BCUT2D eigenvalue weighted by Gasteiger charge is 2.15. The number of nitriles is 1. The second-order valence-corrected chi connectivity index (χ2v) is 4.91. The van der Waals surface area contributed by atoms with E-state index in [1.807, 2.05) is 12.1 Å². The van der Waals surface area contributed by atoms with Gasteiger partial charge in [0.05, 0.1) is 0 Å². The molecule has 1 aliphatic heterocycles. The Morgan fingerprint density at radius 1 is 1.50 bits per heavy atom. The molecule has 1 aromatic heterocycles. The molecule has 1 fully saturated rings. The largest absolute Gasteiger partial charge is 0.381 e. The van der Waals surface area contributed by atoms with Gasteiger partial charge in [-0.1, -0.05) is 0 Å². The minimum atomic E-state index is 0.493. The van der Waals surface area contributed by atoms with Crippen LogP contribution in [0.25, 0.3) is 0 Å². The Labute approximate surface area is 108 Å². The summed E-state index contributed by atoms with van der Waals surface area (Å²) in [5.74, 6) is 0.737. The summed E-state index contributed by atoms with van der Waals surface area (Å²) in [6, 6.07) is 5.91. The molecule has 0 aliphatic carbocycles. The molecule has 2 rings (SSSR count). The van der Waals surface area contributed by atoms with Crippen molar-refractivity contribution in [2.75, 3.05) is 26.8 Å². The first-order valence-corrected chi connectivity index (χ1v) is 6.39. The van der Waals surface area contributed by atoms with Crippen LogP contribution in [0, 0.1) is 17.2 Å². The lowest BCUT2D eigenvalue weighted by atomic mass is 10.00. The van der Waals surface area contributed by atoms with Crippen molar-refractivity contribution in [1.82, 2.24) is 9.88 Å². The number of aromatic nitrogens is 1. The smallest absolute Gasteiger partial charge is 0.140 e. The molecule has 0 saturated carbocycles. The van der Waals surface area contributed by atoms with E-state index in [0.717, 1.165) is 50.6 Å². The normalized spacial score (nSPS) is 16.7. The van der Waals surface area contributed by atoms with Gasteiger partial charge in [-0.05, 0) is 43.5 Å². The van der Waals surface area contributed by atoms with Crippen molar-refractivity contribution in [3.05, 3.63) is 29.6 Å². The molecule has 1 saturated heterocycles. The summed E-state index contributed by atoms with van der Waals surface area (Å²) in [5.41, 5.74) is 1.64. The molecule has 1 aliphatic rings. The van der Waals surface area contributed by atoms with Crippen LogP contribution in [0.2, 0.25) is 0 Å². The van der Waals surface area contributed by atoms with Gasteiger partial charge in [0.1, 0.15) is 11.8 Å². The first kappa shape index (κ1) is 13.0. The van der Waals surface area contributed by atoms with Gasteiger partial charge in [-0.15, -0.1) is 0 Å². The lowest BCUT2D eigenvalue weighted by Gasteiger charge is -2.27. The van der Waals surface area contributed by atoms with Gasteiger partial charge < -0.3 is 9.64 Å². The molecule has 18 heavy (non-hydrogen) atoms. The van der Waals surface area contributed by atoms with Crippen molar-refractivity contribution < 1.29 is 4.74 Å². The third-order valence-electron chi connectivity index (χ3n) is 3.30. The summed E-state index contributed by atoms with van der Waals surface area (Å²) in [6.45, 7) is 3.75. The van der Waals surface area contributed by atoms with E-state index < -0.39 is 0 Å². The third kappa shape index (κ3) is 3.80. The van der Waals surface area contributed by atoms with Crippen LogP contribution in [-0.4, -0.2) is 36.7 Å². The van der Waals surface area contributed by atoms with Crippen LogP contribution in [-0.2, 0) is 11.3 Å². The standard InChI is InChI=1S/C14H19N3O/c1-17(10-12-3-6-18-7-4-12)11-13-2-5-16-14(8-13)9-15/h2,5,8,12H,3-4,6-7,10-11H2,1H3. The zero-order valence-corrected chi connectivity index (χ0v) is 10.8. The monoisotopic (exact) mass is 245 g/mol. The van der Waals surface area contributed by atoms with Crippen molar-refractivity contribution in [2.45, 2.75) is 19.4 Å². The summed E-state index contributed by atoms with van der Waals surface area (Å²) in [4.78, 5) is 6.30. The van der Waals surface area contributed by atoms with Crippen molar-refractivity contribution >= 4 is 0 Å². The predicted molar refractivity (Wildman–Crippen MR) is 68.8 cm³/mol. The van der Waals surface area contributed by atoms with E-state index in [4.69, 9.17) is 10.00 Å². The molecule has 0 radical (unpaired) electrons. The molecule has 2 heterocycles. The molecule has 0 bridgehead atoms. The Balaban J connectivity index is 1.86. The summed E-state index contributed by atoms with van der Waals surface area (Å²) >= 11 is 0. The second kappa shape index (κ2) is 6.48. The van der Waals surface area contributed by atoms with Gasteiger partial charge in [-0.2, -0.15) is 5.26 Å². The number of nitrogens with zero attached hydrogens (tertiary/aromatic N) is 3. The lowest BCUT2D eigenvalue weighted by Crippen LogP contribution is -2.29. The van der Waals surface area contributed by atoms with Crippen LogP contribution in [0.4, 0.5) is 0 Å². The Hall–Kier alpha value is -1.44. The minimum absolute atomic E-state index is 0.493. The fourth-order valence-corrected chi connectivity index (χ4v) is 2.38. The maximum absolute atomic E-state index is 8.82. The van der Waals surface area contributed by atoms with E-state index >= 15 is 0 Å². The van der Waals surface area contributed by atoms with Crippen LogP contribution in [0.15, 0.2) is 18.3 Å². The number of pyridine rings is 1. The van der Waals surface area contributed by atoms with Gasteiger partial charge in [0.15, 0.2) is 0 Å². The van der Waals surface area contributed by atoms with Crippen molar-refractivity contribution in [3.63, 3.8) is 0 Å². The van der Waals surface area contributed by atoms with E-state index in [2.05, 4.69) is 23.0 Å². The van der Waals surface area contributed by atoms with E-state index in [0.29, 0.717) is 5.69 Å². The zero-order valence-electron chi connectivity index (χ0n) is 10.8. The minimum Gasteiger partial charge on any atom is -0.381 e. The Morgan fingerprint density at radius 3 is 3.00 bits per heavy atom. The van der Waals surface area contributed by atoms with Crippen LogP contribution in [0.1, 0.15) is 24.1 Å². The number of hydrogen-bond acceptors (Lipinski definition) is 4. The molecule has 0 atom stereocenters. The Bertz CT molecular complexity index is 421. The summed E-state index contributed by atoms with van der Waals surface area (Å²) in [7, 11) is 2.13. The highest BCUT2D eigenvalue weighted by atomic mass is 16.5. The van der Waals surface area contributed by atoms with Crippen LogP contribution >= 0.6 is 0 Å². The fraction of sp³-hybridized carbons (Fsp3) is 0.571. The molecule has 4 heteroatoms. The van der Waals surface area contributed by atoms with Crippen molar-refractivity contribution in [1.29, 1.82) is 5.26 Å². The molecule has 0 spiro atoms. The summed E-state index contributed by atoms with van der Waals surface area (Å²) in [5, 5.41) is 8.82. The average Bonchev–Trinajstić information content (AvgIpc) is 2.40. The fourth-order valence-electron chi connectivity index (χ4n) is 2.38. The van der Waals surface area contributed by atoms with E-state index in [-0.39, 0.29) is 0 Å². The van der Waals surface area contributed by atoms with E-state index in [1.165, 1.54) is 0 Å². The second-order valence-electron chi connectivity index (χ2n) is 4.91. The molecular weight excluding hydrogens is 226 g/mol. The first-order valence-electron chi connectivity index (χ1n) is 6.39. The maximum atomic E-state index is 8.82. The van der Waals surface area contributed by atoms with Gasteiger partial charge in [-0.3, -0.25) is 0 Å². The van der Waals surface area contributed by atoms with Crippen LogP contribution < -0.4 is 0 Å². The average molecular weight is 245 g/mol. The molecule has 4 nitrogen and oxygen atoms in total. The van der Waals surface area contributed by atoms with Gasteiger partial charge >= 0.3 is 0 Å². The van der Waals surface area contributed by atoms with Crippen LogP contribution in [0.5, 0.6) is 0 Å². The van der Waals surface area contributed by atoms with Crippen molar-refractivity contribution in [3.8, 4) is 6.07 Å². The highest BCUT2D eigenvalue weighted by Crippen LogP contribution is 2.16. The van der Waals surface area contributed by atoms with Gasteiger partial charge in [0.25, 0.3) is 0 Å². The van der Waals surface area contributed by atoms with Gasteiger partial charge in [0, 0.05) is 32.5 Å². The maximum Gasteiger partial charge on any atom is 0.140 e. The van der Waals surface area contributed by atoms with E-state index in [1.54, 1.807) is 6.20 Å². The predicted octanol–water partition coefficient (Wildman–Crippen LogP) is 1.81. The molecule has 1 aromatic rings. The number of ether oxygens (including phenoxy) is 1. The third-order valence-corrected chi connectivity index (χ3v) is 3.30. The molecule has 0 amide bonds. The summed E-state index contributed by atoms with van der Waals surface area (Å²) in [6.07, 6.45) is 4.02. The highest BCUT2D eigenvalue weighted by molar-refractivity contribution is 5.25. The molecule has 0 N–H and O–H groups in total. The van der Waals surface area contributed by atoms with Gasteiger partial charge in [0.2, 0.25) is 0 Å². The number of hydrogen-bond donors (Lipinski definition) is 0. The first-order chi connectivity index (χ1) is 8.78. The lowest BCUT2D eigenvalue weighted by molar-refractivity contribution is 0.0549. The molecule has 0 unspecified atom stereocenters.